The Kier molecular flexibility index (Phi) is 6.51. The second-order valence-electron chi connectivity index (χ2n) is 8.75. The summed E-state index contributed by atoms with van der Waals surface area (Å²) in [5, 5.41) is 21.6. The molecule has 2 aromatic rings. The molecule has 0 saturated carbocycles. The highest BCUT2D eigenvalue weighted by molar-refractivity contribution is 6.32. The van der Waals surface area contributed by atoms with E-state index in [1.165, 1.54) is 13.1 Å². The summed E-state index contributed by atoms with van der Waals surface area (Å²) in [6.07, 6.45) is 0. The van der Waals surface area contributed by atoms with Gasteiger partial charge in [-0.3, -0.25) is 15.0 Å². The van der Waals surface area contributed by atoms with E-state index >= 15 is 0 Å². The quantitative estimate of drug-likeness (QED) is 0.566. The van der Waals surface area contributed by atoms with Crippen LogP contribution in [0.25, 0.3) is 0 Å². The molecule has 170 valence electrons. The first kappa shape index (κ1) is 23.6. The Hall–Kier alpha value is -3.06. The van der Waals surface area contributed by atoms with Gasteiger partial charge in [-0.25, -0.2) is 0 Å². The van der Waals surface area contributed by atoms with Gasteiger partial charge in [-0.15, -0.1) is 0 Å². The molecule has 0 spiro atoms. The number of amides is 1. The fourth-order valence-electron chi connectivity index (χ4n) is 3.75. The summed E-state index contributed by atoms with van der Waals surface area (Å²) in [6, 6.07) is 6.52. The van der Waals surface area contributed by atoms with Crippen molar-refractivity contribution in [1.82, 2.24) is 10.2 Å². The van der Waals surface area contributed by atoms with Gasteiger partial charge in [0.25, 0.3) is 5.91 Å². The van der Waals surface area contributed by atoms with Crippen molar-refractivity contribution in [1.29, 1.82) is 5.41 Å². The van der Waals surface area contributed by atoms with Crippen molar-refractivity contribution in [3.63, 3.8) is 0 Å². The van der Waals surface area contributed by atoms with E-state index in [0.717, 1.165) is 5.56 Å². The van der Waals surface area contributed by atoms with Crippen molar-refractivity contribution in [3.8, 4) is 11.5 Å². The third kappa shape index (κ3) is 4.43. The molecular formula is C24H28ClN3O4. The first-order chi connectivity index (χ1) is 15.0. The number of nitrogens with one attached hydrogen (secondary N) is 2. The highest BCUT2D eigenvalue weighted by Crippen LogP contribution is 2.37. The standard InChI is InChI=1S/C24H28ClN3O4/c1-6-32-20-9-14-11-28(22(26)15(14)10-16(20)23(31)27-5)12-19(29)13-7-17(24(2,3)4)21(30)18(25)8-13/h7-10,26,30H,6,11-12H2,1-5H3,(H,27,31). The normalized spacial score (nSPS) is 13.2. The van der Waals surface area contributed by atoms with Crippen LogP contribution < -0.4 is 10.1 Å². The van der Waals surface area contributed by atoms with Crippen LogP contribution in [-0.2, 0) is 12.0 Å². The Labute approximate surface area is 192 Å². The molecule has 7 nitrogen and oxygen atoms in total. The van der Waals surface area contributed by atoms with Gasteiger partial charge in [0, 0.05) is 30.3 Å². The van der Waals surface area contributed by atoms with Crippen molar-refractivity contribution < 1.29 is 19.4 Å². The predicted molar refractivity (Wildman–Crippen MR) is 124 cm³/mol. The second-order valence-corrected chi connectivity index (χ2v) is 9.16. The first-order valence-corrected chi connectivity index (χ1v) is 10.8. The second kappa shape index (κ2) is 8.82. The van der Waals surface area contributed by atoms with Crippen molar-refractivity contribution in [2.24, 2.45) is 0 Å². The van der Waals surface area contributed by atoms with Gasteiger partial charge in [-0.05, 0) is 42.2 Å². The lowest BCUT2D eigenvalue weighted by atomic mass is 9.85. The van der Waals surface area contributed by atoms with Gasteiger partial charge in [-0.1, -0.05) is 32.4 Å². The average molecular weight is 458 g/mol. The number of phenolic OH excluding ortho intramolecular Hbond substituents is 1. The smallest absolute Gasteiger partial charge is 0.254 e. The van der Waals surface area contributed by atoms with Crippen LogP contribution in [0.1, 0.15) is 65.1 Å². The number of hydrogen-bond acceptors (Lipinski definition) is 5. The van der Waals surface area contributed by atoms with Crippen LogP contribution in [0.15, 0.2) is 24.3 Å². The third-order valence-electron chi connectivity index (χ3n) is 5.44. The maximum absolute atomic E-state index is 13.1. The monoisotopic (exact) mass is 457 g/mol. The maximum Gasteiger partial charge on any atom is 0.254 e. The number of Topliss-reactive ketones (excluding diaryl/α,β-unsaturated/α-hetero) is 1. The number of nitrogens with zero attached hydrogens (tertiary/aromatic N) is 1. The summed E-state index contributed by atoms with van der Waals surface area (Å²) < 4.78 is 5.62. The van der Waals surface area contributed by atoms with E-state index in [-0.39, 0.29) is 34.8 Å². The van der Waals surface area contributed by atoms with E-state index < -0.39 is 5.41 Å². The summed E-state index contributed by atoms with van der Waals surface area (Å²) in [5.41, 5.74) is 2.34. The molecule has 8 heteroatoms. The van der Waals surface area contributed by atoms with Crippen molar-refractivity contribution in [2.45, 2.75) is 39.7 Å². The molecule has 3 rings (SSSR count). The lowest BCUT2D eigenvalue weighted by molar-refractivity contribution is 0.0953. The number of halogens is 1. The predicted octanol–water partition coefficient (Wildman–Crippen LogP) is 4.13. The molecule has 1 aliphatic rings. The fraction of sp³-hybridized carbons (Fsp3) is 0.375. The number of ketones is 1. The Morgan fingerprint density at radius 3 is 2.53 bits per heavy atom. The van der Waals surface area contributed by atoms with Gasteiger partial charge in [-0.2, -0.15) is 0 Å². The number of benzene rings is 2. The zero-order valence-corrected chi connectivity index (χ0v) is 19.7. The topological polar surface area (TPSA) is 103 Å². The van der Waals surface area contributed by atoms with Crippen molar-refractivity contribution in [2.75, 3.05) is 20.2 Å². The number of rotatable bonds is 6. The number of phenols is 1. The average Bonchev–Trinajstić information content (AvgIpc) is 3.02. The Morgan fingerprint density at radius 1 is 1.25 bits per heavy atom. The minimum absolute atomic E-state index is 0.0257. The Morgan fingerprint density at radius 2 is 1.94 bits per heavy atom. The van der Waals surface area contributed by atoms with E-state index in [4.69, 9.17) is 21.7 Å². The number of amidine groups is 1. The molecule has 2 aromatic carbocycles. The lowest BCUT2D eigenvalue weighted by Gasteiger charge is -2.22. The van der Waals surface area contributed by atoms with E-state index in [0.29, 0.717) is 41.2 Å². The Bertz CT molecular complexity index is 1110. The Balaban J connectivity index is 1.89. The molecule has 1 aliphatic heterocycles. The molecule has 3 N–H and O–H groups in total. The molecule has 0 fully saturated rings. The van der Waals surface area contributed by atoms with Gasteiger partial charge in [0.2, 0.25) is 0 Å². The highest BCUT2D eigenvalue weighted by Gasteiger charge is 2.30. The number of hydrogen-bond donors (Lipinski definition) is 3. The first-order valence-electron chi connectivity index (χ1n) is 10.4. The molecule has 0 aromatic heterocycles. The van der Waals surface area contributed by atoms with E-state index in [9.17, 15) is 14.7 Å². The molecule has 0 saturated heterocycles. The van der Waals surface area contributed by atoms with E-state index in [2.05, 4.69) is 5.32 Å². The lowest BCUT2D eigenvalue weighted by Crippen LogP contribution is -2.30. The zero-order chi connectivity index (χ0) is 23.8. The maximum atomic E-state index is 13.1. The van der Waals surface area contributed by atoms with Gasteiger partial charge in [0.15, 0.2) is 5.78 Å². The van der Waals surface area contributed by atoms with Crippen molar-refractivity contribution >= 4 is 29.1 Å². The summed E-state index contributed by atoms with van der Waals surface area (Å²) in [7, 11) is 1.54. The third-order valence-corrected chi connectivity index (χ3v) is 5.73. The highest BCUT2D eigenvalue weighted by atomic mass is 35.5. The van der Waals surface area contributed by atoms with Crippen LogP contribution in [0.3, 0.4) is 0 Å². The van der Waals surface area contributed by atoms with Gasteiger partial charge in [0.05, 0.1) is 23.7 Å². The SMILES string of the molecule is CCOc1cc2c(cc1C(=O)NC)C(=N)N(CC(=O)c1cc(Cl)c(O)c(C(C)(C)C)c1)C2. The largest absolute Gasteiger partial charge is 0.506 e. The molecule has 0 bridgehead atoms. The molecule has 0 aliphatic carbocycles. The molecule has 0 unspecified atom stereocenters. The molecule has 1 heterocycles. The molecule has 32 heavy (non-hydrogen) atoms. The van der Waals surface area contributed by atoms with E-state index in [1.807, 2.05) is 27.7 Å². The van der Waals surface area contributed by atoms with Crippen LogP contribution >= 0.6 is 11.6 Å². The van der Waals surface area contributed by atoms with Crippen molar-refractivity contribution in [3.05, 3.63) is 57.1 Å². The molecule has 0 atom stereocenters. The van der Waals surface area contributed by atoms with Crippen LogP contribution in [0.4, 0.5) is 0 Å². The summed E-state index contributed by atoms with van der Waals surface area (Å²) in [6.45, 7) is 8.35. The molecule has 0 radical (unpaired) electrons. The minimum Gasteiger partial charge on any atom is -0.506 e. The number of aromatic hydroxyl groups is 1. The van der Waals surface area contributed by atoms with E-state index in [1.54, 1.807) is 23.1 Å². The summed E-state index contributed by atoms with van der Waals surface area (Å²) in [5.74, 6) is 0.0786. The molecular weight excluding hydrogens is 430 g/mol. The summed E-state index contributed by atoms with van der Waals surface area (Å²) >= 11 is 6.19. The molecule has 1 amide bonds. The van der Waals surface area contributed by atoms with Crippen LogP contribution in [0.2, 0.25) is 5.02 Å². The number of carbonyl (C=O) groups excluding carboxylic acids is 2. The number of fused-ring (bicyclic) bond motifs is 1. The van der Waals surface area contributed by atoms with Gasteiger partial charge in [0.1, 0.15) is 17.3 Å². The number of carbonyl (C=O) groups is 2. The van der Waals surface area contributed by atoms with Crippen LogP contribution in [-0.4, -0.2) is 47.7 Å². The van der Waals surface area contributed by atoms with Gasteiger partial charge >= 0.3 is 0 Å². The zero-order valence-electron chi connectivity index (χ0n) is 18.9. The van der Waals surface area contributed by atoms with Gasteiger partial charge < -0.3 is 20.1 Å². The number of ether oxygens (including phenoxy) is 1. The van der Waals surface area contributed by atoms with Crippen LogP contribution in [0, 0.1) is 5.41 Å². The minimum atomic E-state index is -0.396. The fourth-order valence-corrected chi connectivity index (χ4v) is 3.97. The van der Waals surface area contributed by atoms with Crippen LogP contribution in [0.5, 0.6) is 11.5 Å². The summed E-state index contributed by atoms with van der Waals surface area (Å²) in [4.78, 5) is 27.0.